The number of nitrogens with zero attached hydrogens (tertiary/aromatic N) is 3. The lowest BCUT2D eigenvalue weighted by Crippen LogP contribution is -1.91. The molecule has 112 valence electrons. The topological polar surface area (TPSA) is 30.2 Å². The zero-order valence-electron chi connectivity index (χ0n) is 12.6. The van der Waals surface area contributed by atoms with Gasteiger partial charge >= 0.3 is 0 Å². The highest BCUT2D eigenvalue weighted by molar-refractivity contribution is 7.25. The van der Waals surface area contributed by atoms with E-state index in [9.17, 15) is 0 Å². The van der Waals surface area contributed by atoms with Gasteiger partial charge in [-0.2, -0.15) is 0 Å². The van der Waals surface area contributed by atoms with E-state index >= 15 is 0 Å². The summed E-state index contributed by atoms with van der Waals surface area (Å²) in [6.07, 6.45) is 5.75. The second-order valence-corrected chi connectivity index (χ2v) is 7.07. The number of fused-ring (bicyclic) bond motifs is 9. The highest BCUT2D eigenvalue weighted by Gasteiger charge is 2.13. The molecule has 0 aliphatic rings. The van der Waals surface area contributed by atoms with Crippen LogP contribution < -0.4 is 0 Å². The van der Waals surface area contributed by atoms with Crippen molar-refractivity contribution in [3.8, 4) is 0 Å². The van der Waals surface area contributed by atoms with Crippen LogP contribution in [0.15, 0.2) is 67.1 Å². The molecule has 0 atom stereocenters. The van der Waals surface area contributed by atoms with E-state index in [1.165, 1.54) is 25.6 Å². The van der Waals surface area contributed by atoms with Crippen molar-refractivity contribution in [3.05, 3.63) is 67.1 Å². The van der Waals surface area contributed by atoms with E-state index < -0.39 is 0 Å². The first kappa shape index (κ1) is 12.4. The predicted molar refractivity (Wildman–Crippen MR) is 101 cm³/mol. The number of imidazole rings is 1. The highest BCUT2D eigenvalue weighted by Crippen LogP contribution is 2.38. The van der Waals surface area contributed by atoms with Crippen LogP contribution in [0.25, 0.3) is 47.6 Å². The van der Waals surface area contributed by atoms with Crippen LogP contribution in [0.3, 0.4) is 0 Å². The van der Waals surface area contributed by atoms with Crippen LogP contribution in [-0.4, -0.2) is 14.4 Å². The van der Waals surface area contributed by atoms with Gasteiger partial charge in [-0.05, 0) is 30.3 Å². The summed E-state index contributed by atoms with van der Waals surface area (Å²) in [6, 6.07) is 17.2. The number of hydrogen-bond donors (Lipinski definition) is 0. The summed E-state index contributed by atoms with van der Waals surface area (Å²) in [7, 11) is 0. The van der Waals surface area contributed by atoms with E-state index in [4.69, 9.17) is 0 Å². The lowest BCUT2D eigenvalue weighted by molar-refractivity contribution is 1.27. The normalized spacial score (nSPS) is 12.2. The molecular weight excluding hydrogens is 314 g/mol. The highest BCUT2D eigenvalue weighted by atomic mass is 32.1. The first-order chi connectivity index (χ1) is 11.9. The fraction of sp³-hybridized carbons (Fsp3) is 0. The van der Waals surface area contributed by atoms with Gasteiger partial charge in [0.15, 0.2) is 0 Å². The third kappa shape index (κ3) is 1.46. The fourth-order valence-electron chi connectivity index (χ4n) is 3.65. The number of hydrogen-bond acceptors (Lipinski definition) is 3. The van der Waals surface area contributed by atoms with Crippen molar-refractivity contribution in [3.63, 3.8) is 0 Å². The SMILES string of the molecule is c1ccc2c(c1)sc1cc3c(cc12)c1ncccc1c1nccn31. The molecule has 4 heteroatoms. The zero-order chi connectivity index (χ0) is 15.7. The van der Waals surface area contributed by atoms with Gasteiger partial charge in [0.1, 0.15) is 5.65 Å². The Bertz CT molecular complexity index is 1410. The average molecular weight is 325 g/mol. The quantitative estimate of drug-likeness (QED) is 0.350. The summed E-state index contributed by atoms with van der Waals surface area (Å²) in [5, 5.41) is 4.88. The molecule has 0 saturated heterocycles. The van der Waals surface area contributed by atoms with Crippen molar-refractivity contribution < 1.29 is 0 Å². The van der Waals surface area contributed by atoms with Crippen LogP contribution in [0.5, 0.6) is 0 Å². The van der Waals surface area contributed by atoms with Crippen molar-refractivity contribution in [1.29, 1.82) is 0 Å². The molecule has 6 rings (SSSR count). The van der Waals surface area contributed by atoms with Crippen molar-refractivity contribution in [2.75, 3.05) is 0 Å². The van der Waals surface area contributed by atoms with Gasteiger partial charge in [0.2, 0.25) is 0 Å². The monoisotopic (exact) mass is 325 g/mol. The van der Waals surface area contributed by atoms with Crippen molar-refractivity contribution in [2.24, 2.45) is 0 Å². The molecule has 0 fully saturated rings. The Hall–Kier alpha value is -2.98. The second-order valence-electron chi connectivity index (χ2n) is 5.98. The van der Waals surface area contributed by atoms with Gasteiger partial charge in [0.25, 0.3) is 0 Å². The summed E-state index contributed by atoms with van der Waals surface area (Å²) in [5.74, 6) is 0. The smallest absolute Gasteiger partial charge is 0.146 e. The van der Waals surface area contributed by atoms with Gasteiger partial charge in [-0.25, -0.2) is 4.98 Å². The van der Waals surface area contributed by atoms with E-state index in [1.54, 1.807) is 0 Å². The molecule has 0 aliphatic heterocycles. The molecule has 0 unspecified atom stereocenters. The minimum Gasteiger partial charge on any atom is -0.299 e. The first-order valence-corrected chi connectivity index (χ1v) is 8.66. The summed E-state index contributed by atoms with van der Waals surface area (Å²) in [4.78, 5) is 9.21. The molecule has 4 heterocycles. The van der Waals surface area contributed by atoms with Gasteiger partial charge in [0, 0.05) is 49.5 Å². The minimum atomic E-state index is 0.964. The number of aromatic nitrogens is 3. The van der Waals surface area contributed by atoms with Crippen LogP contribution in [0, 0.1) is 0 Å². The standard InChI is InChI=1S/C20H11N3S/c1-2-6-17-12(4-1)14-10-15-16(11-18(14)24-17)23-9-8-22-20(23)13-5-3-7-21-19(13)15/h1-11H. The maximum atomic E-state index is 4.66. The third-order valence-corrected chi connectivity index (χ3v) is 5.83. The summed E-state index contributed by atoms with van der Waals surface area (Å²) >= 11 is 1.84. The predicted octanol–water partition coefficient (Wildman–Crippen LogP) is 5.40. The Labute approximate surface area is 140 Å². The van der Waals surface area contributed by atoms with Gasteiger partial charge in [0.05, 0.1) is 11.0 Å². The molecule has 0 saturated carbocycles. The average Bonchev–Trinajstić information content (AvgIpc) is 3.25. The molecule has 0 spiro atoms. The molecule has 0 bridgehead atoms. The van der Waals surface area contributed by atoms with Crippen LogP contribution >= 0.6 is 11.3 Å². The van der Waals surface area contributed by atoms with Gasteiger partial charge < -0.3 is 0 Å². The maximum Gasteiger partial charge on any atom is 0.146 e. The van der Waals surface area contributed by atoms with Crippen LogP contribution in [-0.2, 0) is 0 Å². The van der Waals surface area contributed by atoms with Crippen LogP contribution in [0.1, 0.15) is 0 Å². The lowest BCUT2D eigenvalue weighted by Gasteiger charge is -2.07. The van der Waals surface area contributed by atoms with Crippen molar-refractivity contribution >= 4 is 59.0 Å². The largest absolute Gasteiger partial charge is 0.299 e. The number of thiophene rings is 1. The number of rotatable bonds is 0. The third-order valence-electron chi connectivity index (χ3n) is 4.70. The second kappa shape index (κ2) is 4.30. The molecule has 6 aromatic rings. The molecule has 0 amide bonds. The molecule has 0 radical (unpaired) electrons. The Balaban J connectivity index is 1.97. The Morgan fingerprint density at radius 3 is 2.67 bits per heavy atom. The maximum absolute atomic E-state index is 4.66. The Morgan fingerprint density at radius 2 is 1.67 bits per heavy atom. The van der Waals surface area contributed by atoms with Crippen molar-refractivity contribution in [2.45, 2.75) is 0 Å². The molecular formula is C20H11N3S. The van der Waals surface area contributed by atoms with E-state index in [1.807, 2.05) is 36.0 Å². The lowest BCUT2D eigenvalue weighted by atomic mass is 10.1. The molecule has 3 nitrogen and oxygen atoms in total. The van der Waals surface area contributed by atoms with E-state index in [-0.39, 0.29) is 0 Å². The van der Waals surface area contributed by atoms with Gasteiger partial charge in [-0.1, -0.05) is 18.2 Å². The first-order valence-electron chi connectivity index (χ1n) is 7.85. The molecule has 0 N–H and O–H groups in total. The van der Waals surface area contributed by atoms with Gasteiger partial charge in [-0.3, -0.25) is 9.38 Å². The molecule has 24 heavy (non-hydrogen) atoms. The van der Waals surface area contributed by atoms with E-state index in [2.05, 4.69) is 56.8 Å². The van der Waals surface area contributed by atoms with E-state index in [0.717, 1.165) is 22.1 Å². The number of pyridine rings is 2. The van der Waals surface area contributed by atoms with Crippen LogP contribution in [0.2, 0.25) is 0 Å². The van der Waals surface area contributed by atoms with Gasteiger partial charge in [-0.15, -0.1) is 11.3 Å². The zero-order valence-corrected chi connectivity index (χ0v) is 13.4. The Kier molecular flexibility index (Phi) is 2.23. The summed E-state index contributed by atoms with van der Waals surface area (Å²) < 4.78 is 4.79. The molecule has 4 aromatic heterocycles. The number of benzene rings is 2. The fourth-order valence-corrected chi connectivity index (χ4v) is 4.77. The molecule has 2 aromatic carbocycles. The molecule has 0 aliphatic carbocycles. The summed E-state index contributed by atoms with van der Waals surface area (Å²) in [5.41, 5.74) is 3.14. The summed E-state index contributed by atoms with van der Waals surface area (Å²) in [6.45, 7) is 0. The van der Waals surface area contributed by atoms with Crippen LogP contribution in [0.4, 0.5) is 0 Å². The van der Waals surface area contributed by atoms with Crippen molar-refractivity contribution in [1.82, 2.24) is 14.4 Å². The minimum absolute atomic E-state index is 0.964. The Morgan fingerprint density at radius 1 is 0.750 bits per heavy atom. The van der Waals surface area contributed by atoms with E-state index in [0.29, 0.717) is 0 Å².